The first-order chi connectivity index (χ1) is 13.1. The van der Waals surface area contributed by atoms with E-state index in [2.05, 4.69) is 15.2 Å². The van der Waals surface area contributed by atoms with E-state index in [4.69, 9.17) is 5.73 Å². The number of nitrogens with two attached hydrogens (primary N) is 1. The maximum atomic E-state index is 12.1. The van der Waals surface area contributed by atoms with Crippen LogP contribution in [0.3, 0.4) is 0 Å². The number of piperidine rings is 1. The van der Waals surface area contributed by atoms with Gasteiger partial charge >= 0.3 is 0 Å². The Morgan fingerprint density at radius 1 is 1.11 bits per heavy atom. The standard InChI is InChI=1S/C21H22N4O2/c22-20(26)14-9-11-25(12-10-14)16-7-5-15(6-8-16)23-13-18-17-3-1-2-4-19(17)24-21(18)27/h1-8,13-14,18H,9-12H2,(H2,22,26)(H,24,27). The van der Waals surface area contributed by atoms with Crippen molar-refractivity contribution in [3.8, 4) is 0 Å². The molecule has 0 radical (unpaired) electrons. The Morgan fingerprint density at radius 3 is 2.52 bits per heavy atom. The summed E-state index contributed by atoms with van der Waals surface area (Å²) in [5.74, 6) is -0.606. The monoisotopic (exact) mass is 362 g/mol. The Bertz CT molecular complexity index is 883. The van der Waals surface area contributed by atoms with Gasteiger partial charge in [0.2, 0.25) is 11.8 Å². The van der Waals surface area contributed by atoms with Crippen LogP contribution in [0.1, 0.15) is 24.3 Å². The third-order valence-electron chi connectivity index (χ3n) is 5.32. The van der Waals surface area contributed by atoms with E-state index in [1.807, 2.05) is 48.5 Å². The molecule has 4 rings (SSSR count). The second-order valence-electron chi connectivity index (χ2n) is 7.01. The summed E-state index contributed by atoms with van der Waals surface area (Å²) in [7, 11) is 0. The van der Waals surface area contributed by atoms with E-state index in [0.29, 0.717) is 0 Å². The van der Waals surface area contributed by atoms with E-state index in [0.717, 1.165) is 48.6 Å². The van der Waals surface area contributed by atoms with Gasteiger partial charge in [-0.05, 0) is 48.7 Å². The second kappa shape index (κ2) is 7.23. The first-order valence-corrected chi connectivity index (χ1v) is 9.20. The summed E-state index contributed by atoms with van der Waals surface area (Å²) in [4.78, 5) is 30.2. The number of rotatable bonds is 4. The number of para-hydroxylation sites is 1. The summed E-state index contributed by atoms with van der Waals surface area (Å²) >= 11 is 0. The van der Waals surface area contributed by atoms with Crippen molar-refractivity contribution < 1.29 is 9.59 Å². The lowest BCUT2D eigenvalue weighted by atomic mass is 9.96. The molecule has 1 unspecified atom stereocenters. The van der Waals surface area contributed by atoms with E-state index in [-0.39, 0.29) is 23.7 Å². The lowest BCUT2D eigenvalue weighted by Crippen LogP contribution is -2.38. The largest absolute Gasteiger partial charge is 0.371 e. The Hall–Kier alpha value is -3.15. The number of carbonyl (C=O) groups is 2. The number of amides is 2. The molecule has 0 aliphatic carbocycles. The van der Waals surface area contributed by atoms with Crippen LogP contribution < -0.4 is 16.0 Å². The number of primary amides is 1. The topological polar surface area (TPSA) is 87.8 Å². The number of fused-ring (bicyclic) bond motifs is 1. The van der Waals surface area contributed by atoms with Crippen molar-refractivity contribution in [2.24, 2.45) is 16.6 Å². The molecule has 0 aromatic heterocycles. The van der Waals surface area contributed by atoms with Crippen LogP contribution in [0.15, 0.2) is 53.5 Å². The molecule has 0 bridgehead atoms. The average Bonchev–Trinajstić information content (AvgIpc) is 3.02. The molecule has 2 aliphatic heterocycles. The number of aliphatic imine (C=N–C) groups is 1. The molecule has 27 heavy (non-hydrogen) atoms. The van der Waals surface area contributed by atoms with Crippen molar-refractivity contribution in [2.45, 2.75) is 18.8 Å². The summed E-state index contributed by atoms with van der Waals surface area (Å²) < 4.78 is 0. The Labute approximate surface area is 158 Å². The van der Waals surface area contributed by atoms with Crippen molar-refractivity contribution in [1.29, 1.82) is 0 Å². The minimum absolute atomic E-state index is 0.00874. The van der Waals surface area contributed by atoms with Crippen molar-refractivity contribution in [2.75, 3.05) is 23.3 Å². The summed E-state index contributed by atoms with van der Waals surface area (Å²) in [5.41, 5.74) is 9.13. The molecule has 3 N–H and O–H groups in total. The van der Waals surface area contributed by atoms with Crippen LogP contribution in [0.5, 0.6) is 0 Å². The van der Waals surface area contributed by atoms with Crippen LogP contribution in [-0.2, 0) is 9.59 Å². The zero-order valence-corrected chi connectivity index (χ0v) is 15.0. The molecule has 0 spiro atoms. The number of anilines is 2. The molecule has 2 aromatic carbocycles. The summed E-state index contributed by atoms with van der Waals surface area (Å²) in [6.07, 6.45) is 3.30. The number of carbonyl (C=O) groups excluding carboxylic acids is 2. The minimum Gasteiger partial charge on any atom is -0.371 e. The first kappa shape index (κ1) is 17.3. The van der Waals surface area contributed by atoms with E-state index < -0.39 is 0 Å². The highest BCUT2D eigenvalue weighted by atomic mass is 16.2. The molecule has 6 heteroatoms. The van der Waals surface area contributed by atoms with Crippen LogP contribution in [0, 0.1) is 5.92 Å². The predicted octanol–water partition coefficient (Wildman–Crippen LogP) is 2.83. The SMILES string of the molecule is NC(=O)C1CCN(c2ccc(N=CC3C(=O)Nc4ccccc43)cc2)CC1. The highest BCUT2D eigenvalue weighted by Gasteiger charge is 2.28. The molecule has 138 valence electrons. The second-order valence-corrected chi connectivity index (χ2v) is 7.01. The fourth-order valence-corrected chi connectivity index (χ4v) is 3.71. The summed E-state index contributed by atoms with van der Waals surface area (Å²) in [6, 6.07) is 15.6. The van der Waals surface area contributed by atoms with Gasteiger partial charge in [0, 0.05) is 36.6 Å². The van der Waals surface area contributed by atoms with Crippen molar-refractivity contribution >= 4 is 35.1 Å². The van der Waals surface area contributed by atoms with Crippen molar-refractivity contribution in [3.05, 3.63) is 54.1 Å². The van der Waals surface area contributed by atoms with Gasteiger partial charge in [-0.3, -0.25) is 14.6 Å². The number of nitrogens with one attached hydrogen (secondary N) is 1. The normalized spacial score (nSPS) is 19.9. The summed E-state index contributed by atoms with van der Waals surface area (Å²) in [6.45, 7) is 1.66. The molecule has 1 fully saturated rings. The minimum atomic E-state index is -0.353. The summed E-state index contributed by atoms with van der Waals surface area (Å²) in [5, 5.41) is 2.88. The lowest BCUT2D eigenvalue weighted by molar-refractivity contribution is -0.122. The Morgan fingerprint density at radius 2 is 1.81 bits per heavy atom. The van der Waals surface area contributed by atoms with Gasteiger partial charge in [-0.2, -0.15) is 0 Å². The van der Waals surface area contributed by atoms with Crippen LogP contribution in [0.4, 0.5) is 17.1 Å². The van der Waals surface area contributed by atoms with Gasteiger partial charge in [-0.25, -0.2) is 0 Å². The molecule has 2 aliphatic rings. The predicted molar refractivity (Wildman–Crippen MR) is 107 cm³/mol. The maximum Gasteiger partial charge on any atom is 0.237 e. The van der Waals surface area contributed by atoms with E-state index in [1.165, 1.54) is 0 Å². The van der Waals surface area contributed by atoms with Gasteiger partial charge in [0.05, 0.1) is 5.69 Å². The highest BCUT2D eigenvalue weighted by molar-refractivity contribution is 6.12. The molecular weight excluding hydrogens is 340 g/mol. The van der Waals surface area contributed by atoms with Crippen LogP contribution in [0.2, 0.25) is 0 Å². The quantitative estimate of drug-likeness (QED) is 0.820. The molecule has 6 nitrogen and oxygen atoms in total. The molecule has 2 heterocycles. The fraction of sp³-hybridized carbons (Fsp3) is 0.286. The highest BCUT2D eigenvalue weighted by Crippen LogP contribution is 2.31. The molecular formula is C21H22N4O2. The van der Waals surface area contributed by atoms with Gasteiger partial charge in [0.15, 0.2) is 0 Å². The molecule has 2 amide bonds. The van der Waals surface area contributed by atoms with E-state index >= 15 is 0 Å². The van der Waals surface area contributed by atoms with Gasteiger partial charge in [0.25, 0.3) is 0 Å². The van der Waals surface area contributed by atoms with Gasteiger partial charge in [0.1, 0.15) is 5.92 Å². The number of hydrogen-bond acceptors (Lipinski definition) is 4. The molecule has 2 aromatic rings. The Balaban J connectivity index is 1.42. The van der Waals surface area contributed by atoms with Gasteiger partial charge in [-0.1, -0.05) is 18.2 Å². The smallest absolute Gasteiger partial charge is 0.237 e. The van der Waals surface area contributed by atoms with Crippen molar-refractivity contribution in [3.63, 3.8) is 0 Å². The van der Waals surface area contributed by atoms with E-state index in [1.54, 1.807) is 6.21 Å². The molecule has 1 saturated heterocycles. The van der Waals surface area contributed by atoms with Gasteiger partial charge < -0.3 is 16.0 Å². The average molecular weight is 362 g/mol. The van der Waals surface area contributed by atoms with E-state index in [9.17, 15) is 9.59 Å². The maximum absolute atomic E-state index is 12.1. The third-order valence-corrected chi connectivity index (χ3v) is 5.32. The molecule has 1 atom stereocenters. The molecule has 0 saturated carbocycles. The number of nitrogens with zero attached hydrogens (tertiary/aromatic N) is 2. The van der Waals surface area contributed by atoms with Crippen LogP contribution in [0.25, 0.3) is 0 Å². The lowest BCUT2D eigenvalue weighted by Gasteiger charge is -2.32. The third kappa shape index (κ3) is 3.56. The van der Waals surface area contributed by atoms with Gasteiger partial charge in [-0.15, -0.1) is 0 Å². The number of benzene rings is 2. The van der Waals surface area contributed by atoms with Crippen molar-refractivity contribution in [1.82, 2.24) is 0 Å². The number of hydrogen-bond donors (Lipinski definition) is 2. The first-order valence-electron chi connectivity index (χ1n) is 9.20. The van der Waals surface area contributed by atoms with Crippen LogP contribution in [-0.4, -0.2) is 31.1 Å². The fourth-order valence-electron chi connectivity index (χ4n) is 3.71. The van der Waals surface area contributed by atoms with Crippen LogP contribution >= 0.6 is 0 Å². The Kier molecular flexibility index (Phi) is 4.62. The zero-order valence-electron chi connectivity index (χ0n) is 15.0. The zero-order chi connectivity index (χ0) is 18.8.